The molecule has 2 N–H and O–H groups in total. The fraction of sp³-hybridized carbons (Fsp3) is 0.500. The fourth-order valence-electron chi connectivity index (χ4n) is 3.17. The van der Waals surface area contributed by atoms with Crippen LogP contribution in [-0.4, -0.2) is 77.8 Å². The number of ether oxygens (including phenoxy) is 1. The van der Waals surface area contributed by atoms with Crippen molar-refractivity contribution in [1.82, 2.24) is 9.80 Å². The van der Waals surface area contributed by atoms with Gasteiger partial charge in [-0.2, -0.15) is 0 Å². The minimum Gasteiger partial charge on any atom is -0.483 e. The second kappa shape index (κ2) is 9.88. The van der Waals surface area contributed by atoms with Crippen molar-refractivity contribution in [3.05, 3.63) is 35.4 Å². The highest BCUT2D eigenvalue weighted by Crippen LogP contribution is 2.18. The Balaban J connectivity index is 0.000000758. The van der Waals surface area contributed by atoms with Crippen LogP contribution in [0, 0.1) is 5.92 Å². The van der Waals surface area contributed by atoms with E-state index in [0.717, 1.165) is 19.5 Å². The van der Waals surface area contributed by atoms with Crippen molar-refractivity contribution < 1.29 is 29.3 Å². The fourth-order valence-corrected chi connectivity index (χ4v) is 3.17. The molecular formula is C18H24N2O6. The lowest BCUT2D eigenvalue weighted by Crippen LogP contribution is -2.45. The van der Waals surface area contributed by atoms with Crippen molar-refractivity contribution in [1.29, 1.82) is 0 Å². The molecule has 1 atom stereocenters. The first kappa shape index (κ1) is 19.9. The lowest BCUT2D eigenvalue weighted by molar-refractivity contribution is -0.144. The van der Waals surface area contributed by atoms with E-state index in [2.05, 4.69) is 17.0 Å². The van der Waals surface area contributed by atoms with Crippen LogP contribution in [0.2, 0.25) is 0 Å². The SMILES string of the molecule is O=C(O)C1COCCN(C(=O)CN2CCc3ccccc3C2)C1.O=CO. The van der Waals surface area contributed by atoms with Gasteiger partial charge in [0, 0.05) is 26.2 Å². The molecule has 1 amide bonds. The van der Waals surface area contributed by atoms with E-state index in [4.69, 9.17) is 19.7 Å². The van der Waals surface area contributed by atoms with Crippen molar-refractivity contribution in [3.8, 4) is 0 Å². The van der Waals surface area contributed by atoms with Crippen molar-refractivity contribution >= 4 is 18.3 Å². The smallest absolute Gasteiger partial charge is 0.310 e. The maximum absolute atomic E-state index is 12.5. The summed E-state index contributed by atoms with van der Waals surface area (Å²) in [7, 11) is 0. The monoisotopic (exact) mass is 364 g/mol. The zero-order valence-corrected chi connectivity index (χ0v) is 14.5. The number of nitrogens with zero attached hydrogens (tertiary/aromatic N) is 2. The molecule has 2 heterocycles. The Morgan fingerprint density at radius 1 is 1.23 bits per heavy atom. The van der Waals surface area contributed by atoms with E-state index < -0.39 is 11.9 Å². The van der Waals surface area contributed by atoms with Gasteiger partial charge in [-0.15, -0.1) is 0 Å². The minimum atomic E-state index is -0.906. The Morgan fingerprint density at radius 3 is 2.62 bits per heavy atom. The molecule has 142 valence electrons. The number of benzene rings is 1. The van der Waals surface area contributed by atoms with Crippen molar-refractivity contribution in [2.75, 3.05) is 39.4 Å². The topological polar surface area (TPSA) is 107 Å². The summed E-state index contributed by atoms with van der Waals surface area (Å²) in [4.78, 5) is 35.8. The molecule has 1 saturated heterocycles. The average molecular weight is 364 g/mol. The lowest BCUT2D eigenvalue weighted by Gasteiger charge is -2.30. The van der Waals surface area contributed by atoms with Gasteiger partial charge in [0.25, 0.3) is 6.47 Å². The third-order valence-corrected chi connectivity index (χ3v) is 4.54. The van der Waals surface area contributed by atoms with Crippen LogP contribution in [0.4, 0.5) is 0 Å². The van der Waals surface area contributed by atoms with Crippen LogP contribution in [0.1, 0.15) is 11.1 Å². The predicted molar refractivity (Wildman–Crippen MR) is 92.6 cm³/mol. The van der Waals surface area contributed by atoms with E-state index >= 15 is 0 Å². The van der Waals surface area contributed by atoms with E-state index in [1.807, 2.05) is 12.1 Å². The summed E-state index contributed by atoms with van der Waals surface area (Å²) in [5.41, 5.74) is 2.62. The highest BCUT2D eigenvalue weighted by atomic mass is 16.5. The number of carbonyl (C=O) groups is 3. The first-order valence-electron chi connectivity index (χ1n) is 8.50. The summed E-state index contributed by atoms with van der Waals surface area (Å²) in [5, 5.41) is 16.1. The molecule has 0 spiro atoms. The second-order valence-corrected chi connectivity index (χ2v) is 6.28. The number of rotatable bonds is 3. The van der Waals surface area contributed by atoms with Gasteiger partial charge in [0.2, 0.25) is 5.91 Å². The molecule has 8 heteroatoms. The molecule has 1 unspecified atom stereocenters. The highest BCUT2D eigenvalue weighted by Gasteiger charge is 2.28. The zero-order chi connectivity index (χ0) is 18.9. The molecule has 26 heavy (non-hydrogen) atoms. The van der Waals surface area contributed by atoms with Crippen LogP contribution >= 0.6 is 0 Å². The number of carboxylic acid groups (broad SMARTS) is 2. The normalized spacial score (nSPS) is 20.2. The second-order valence-electron chi connectivity index (χ2n) is 6.28. The van der Waals surface area contributed by atoms with Crippen LogP contribution in [0.5, 0.6) is 0 Å². The molecule has 2 aliphatic heterocycles. The summed E-state index contributed by atoms with van der Waals surface area (Å²) in [6.45, 7) is 2.99. The molecule has 1 fully saturated rings. The van der Waals surface area contributed by atoms with Gasteiger partial charge in [-0.1, -0.05) is 24.3 Å². The van der Waals surface area contributed by atoms with E-state index in [9.17, 15) is 9.59 Å². The van der Waals surface area contributed by atoms with Crippen molar-refractivity contribution in [2.45, 2.75) is 13.0 Å². The van der Waals surface area contributed by atoms with Crippen LogP contribution in [-0.2, 0) is 32.1 Å². The predicted octanol–water partition coefficient (Wildman–Crippen LogP) is 0.305. The number of aliphatic carboxylic acids is 1. The van der Waals surface area contributed by atoms with Gasteiger partial charge in [-0.3, -0.25) is 19.3 Å². The van der Waals surface area contributed by atoms with Gasteiger partial charge >= 0.3 is 5.97 Å². The largest absolute Gasteiger partial charge is 0.483 e. The standard InChI is InChI=1S/C17H22N2O4.CH2O2/c20-16(19-7-8-23-12-15(10-19)17(21)22)11-18-6-5-13-3-1-2-4-14(13)9-18;2-1-3/h1-4,15H,5-12H2,(H,21,22);1H,(H,2,3). The van der Waals surface area contributed by atoms with Crippen LogP contribution in [0.15, 0.2) is 24.3 Å². The Hall–Kier alpha value is -2.45. The third kappa shape index (κ3) is 5.53. The van der Waals surface area contributed by atoms with Gasteiger partial charge in [0.15, 0.2) is 0 Å². The van der Waals surface area contributed by atoms with Gasteiger partial charge in [0.1, 0.15) is 0 Å². The van der Waals surface area contributed by atoms with Gasteiger partial charge in [0.05, 0.1) is 25.7 Å². The maximum atomic E-state index is 12.5. The molecule has 0 saturated carbocycles. The molecule has 0 aliphatic carbocycles. The number of fused-ring (bicyclic) bond motifs is 1. The van der Waals surface area contributed by atoms with E-state index in [1.165, 1.54) is 11.1 Å². The van der Waals surface area contributed by atoms with Crippen LogP contribution in [0.3, 0.4) is 0 Å². The number of carbonyl (C=O) groups excluding carboxylic acids is 1. The zero-order valence-electron chi connectivity index (χ0n) is 14.5. The number of hydrogen-bond acceptors (Lipinski definition) is 5. The summed E-state index contributed by atoms with van der Waals surface area (Å²) < 4.78 is 5.30. The number of hydrogen-bond donors (Lipinski definition) is 2. The highest BCUT2D eigenvalue weighted by molar-refractivity contribution is 5.79. The average Bonchev–Trinajstić information content (AvgIpc) is 2.89. The lowest BCUT2D eigenvalue weighted by atomic mass is 10.00. The third-order valence-electron chi connectivity index (χ3n) is 4.54. The Bertz CT molecular complexity index is 636. The number of carboxylic acids is 1. The number of amides is 1. The first-order chi connectivity index (χ1) is 12.5. The maximum Gasteiger partial charge on any atom is 0.310 e. The molecule has 2 aliphatic rings. The molecule has 8 nitrogen and oxygen atoms in total. The van der Waals surface area contributed by atoms with Crippen molar-refractivity contribution in [3.63, 3.8) is 0 Å². The molecular weight excluding hydrogens is 340 g/mol. The molecule has 1 aromatic carbocycles. The summed E-state index contributed by atoms with van der Waals surface area (Å²) in [6, 6.07) is 8.31. The van der Waals surface area contributed by atoms with E-state index in [1.54, 1.807) is 4.90 Å². The van der Waals surface area contributed by atoms with Crippen LogP contribution < -0.4 is 0 Å². The Kier molecular flexibility index (Phi) is 7.55. The summed E-state index contributed by atoms with van der Waals surface area (Å²) >= 11 is 0. The quantitative estimate of drug-likeness (QED) is 0.743. The van der Waals surface area contributed by atoms with E-state index in [0.29, 0.717) is 19.7 Å². The molecule has 0 radical (unpaired) electrons. The Morgan fingerprint density at radius 2 is 1.92 bits per heavy atom. The minimum absolute atomic E-state index is 0.0128. The first-order valence-corrected chi connectivity index (χ1v) is 8.50. The van der Waals surface area contributed by atoms with Gasteiger partial charge in [-0.05, 0) is 17.5 Å². The van der Waals surface area contributed by atoms with Crippen LogP contribution in [0.25, 0.3) is 0 Å². The summed E-state index contributed by atoms with van der Waals surface area (Å²) in [6.07, 6.45) is 0.949. The molecule has 0 bridgehead atoms. The van der Waals surface area contributed by atoms with Gasteiger partial charge < -0.3 is 19.8 Å². The summed E-state index contributed by atoms with van der Waals surface area (Å²) in [5.74, 6) is -1.55. The molecule has 1 aromatic rings. The molecule has 3 rings (SSSR count). The van der Waals surface area contributed by atoms with E-state index in [-0.39, 0.29) is 25.5 Å². The van der Waals surface area contributed by atoms with Crippen molar-refractivity contribution in [2.24, 2.45) is 5.92 Å². The Labute approximate surface area is 152 Å². The van der Waals surface area contributed by atoms with Gasteiger partial charge in [-0.25, -0.2) is 0 Å². The molecule has 0 aromatic heterocycles.